The number of carboxylic acid groups (broad SMARTS) is 1. The third-order valence-corrected chi connectivity index (χ3v) is 4.95. The van der Waals surface area contributed by atoms with E-state index in [9.17, 15) is 9.59 Å². The number of benzene rings is 1. The Hall–Kier alpha value is -2.34. The number of piperidine rings is 1. The van der Waals surface area contributed by atoms with Crippen molar-refractivity contribution in [2.45, 2.75) is 19.4 Å². The number of hydrogen-bond acceptors (Lipinski definition) is 4. The molecule has 3 rings (SSSR count). The van der Waals surface area contributed by atoms with Gasteiger partial charge >= 0.3 is 5.97 Å². The number of ether oxygens (including phenoxy) is 1. The average molecular weight is 345 g/mol. The zero-order chi connectivity index (χ0) is 16.9. The lowest BCUT2D eigenvalue weighted by atomic mass is 9.97. The first kappa shape index (κ1) is 16.5. The van der Waals surface area contributed by atoms with Crippen molar-refractivity contribution in [1.82, 2.24) is 4.90 Å². The topological polar surface area (TPSA) is 66.8 Å². The second-order valence-electron chi connectivity index (χ2n) is 5.82. The van der Waals surface area contributed by atoms with Gasteiger partial charge < -0.3 is 14.7 Å². The van der Waals surface area contributed by atoms with E-state index in [-0.39, 0.29) is 12.5 Å². The molecule has 1 fully saturated rings. The summed E-state index contributed by atoms with van der Waals surface area (Å²) in [4.78, 5) is 26.5. The maximum absolute atomic E-state index is 12.6. The van der Waals surface area contributed by atoms with Crippen molar-refractivity contribution in [3.63, 3.8) is 0 Å². The summed E-state index contributed by atoms with van der Waals surface area (Å²) in [5.41, 5.74) is 0.532. The highest BCUT2D eigenvalue weighted by Crippen LogP contribution is 2.21. The minimum Gasteiger partial charge on any atom is -0.488 e. The normalized spacial score (nSPS) is 17.5. The zero-order valence-corrected chi connectivity index (χ0v) is 14.0. The van der Waals surface area contributed by atoms with Crippen LogP contribution in [0.2, 0.25) is 0 Å². The molecule has 1 aliphatic rings. The van der Waals surface area contributed by atoms with Crippen molar-refractivity contribution in [2.75, 3.05) is 13.1 Å². The van der Waals surface area contributed by atoms with Crippen molar-refractivity contribution in [3.8, 4) is 5.75 Å². The van der Waals surface area contributed by atoms with Crippen LogP contribution in [-0.4, -0.2) is 35.0 Å². The van der Waals surface area contributed by atoms with Crippen molar-refractivity contribution < 1.29 is 19.4 Å². The number of carboxylic acids is 1. The highest BCUT2D eigenvalue weighted by molar-refractivity contribution is 7.09. The highest BCUT2D eigenvalue weighted by atomic mass is 32.1. The monoisotopic (exact) mass is 345 g/mol. The predicted octanol–water partition coefficient (Wildman–Crippen LogP) is 3.26. The fraction of sp³-hybridized carbons (Fsp3) is 0.333. The molecule has 1 aromatic heterocycles. The summed E-state index contributed by atoms with van der Waals surface area (Å²) in [5, 5.41) is 11.1. The minimum absolute atomic E-state index is 0.137. The first-order chi connectivity index (χ1) is 11.6. The lowest BCUT2D eigenvalue weighted by Gasteiger charge is -2.30. The standard InChI is InChI=1S/C18H19NO4S/c20-17(19-8-2-5-14(11-19)18(21)22)13-4-1-6-15(10-13)23-12-16-7-3-9-24-16/h1,3-4,6-7,9-10,14H,2,5,8,11-12H2,(H,21,22)/t14-/m1/s1. The molecule has 0 unspecified atom stereocenters. The van der Waals surface area contributed by atoms with Gasteiger partial charge in [-0.15, -0.1) is 11.3 Å². The molecule has 1 amide bonds. The summed E-state index contributed by atoms with van der Waals surface area (Å²) in [7, 11) is 0. The molecule has 0 spiro atoms. The second kappa shape index (κ2) is 7.49. The van der Waals surface area contributed by atoms with Gasteiger partial charge in [-0.3, -0.25) is 9.59 Å². The van der Waals surface area contributed by atoms with Gasteiger partial charge in [0.2, 0.25) is 0 Å². The molecular weight excluding hydrogens is 326 g/mol. The molecule has 0 aliphatic carbocycles. The van der Waals surface area contributed by atoms with Crippen LogP contribution in [0.5, 0.6) is 5.75 Å². The van der Waals surface area contributed by atoms with Gasteiger partial charge in [0.25, 0.3) is 5.91 Å². The minimum atomic E-state index is -0.833. The van der Waals surface area contributed by atoms with Gasteiger partial charge in [-0.1, -0.05) is 12.1 Å². The largest absolute Gasteiger partial charge is 0.488 e. The number of likely N-dealkylation sites (tertiary alicyclic amines) is 1. The summed E-state index contributed by atoms with van der Waals surface area (Å²) in [6.45, 7) is 1.34. The van der Waals surface area contributed by atoms with E-state index in [1.807, 2.05) is 23.6 Å². The summed E-state index contributed by atoms with van der Waals surface area (Å²) in [6, 6.07) is 11.0. The van der Waals surface area contributed by atoms with Crippen LogP contribution in [0, 0.1) is 5.92 Å². The Labute approximate surface area is 144 Å². The van der Waals surface area contributed by atoms with Crippen molar-refractivity contribution in [3.05, 3.63) is 52.2 Å². The van der Waals surface area contributed by atoms with E-state index >= 15 is 0 Å². The number of carbonyl (C=O) groups excluding carboxylic acids is 1. The van der Waals surface area contributed by atoms with E-state index in [0.717, 1.165) is 11.3 Å². The van der Waals surface area contributed by atoms with Crippen LogP contribution in [0.3, 0.4) is 0 Å². The number of rotatable bonds is 5. The van der Waals surface area contributed by atoms with Crippen molar-refractivity contribution in [2.24, 2.45) is 5.92 Å². The van der Waals surface area contributed by atoms with E-state index in [4.69, 9.17) is 9.84 Å². The van der Waals surface area contributed by atoms with E-state index in [1.54, 1.807) is 34.4 Å². The fourth-order valence-electron chi connectivity index (χ4n) is 2.81. The van der Waals surface area contributed by atoms with Gasteiger partial charge in [0.15, 0.2) is 0 Å². The molecule has 5 nitrogen and oxygen atoms in total. The maximum atomic E-state index is 12.6. The number of aliphatic carboxylic acids is 1. The van der Waals surface area contributed by atoms with E-state index in [1.165, 1.54) is 0 Å². The number of amides is 1. The van der Waals surface area contributed by atoms with E-state index < -0.39 is 11.9 Å². The molecule has 126 valence electrons. The third kappa shape index (κ3) is 3.94. The van der Waals surface area contributed by atoms with E-state index in [0.29, 0.717) is 30.9 Å². The molecule has 6 heteroatoms. The lowest BCUT2D eigenvalue weighted by molar-refractivity contribution is -0.143. The Balaban J connectivity index is 1.66. The summed E-state index contributed by atoms with van der Waals surface area (Å²) < 4.78 is 5.73. The van der Waals surface area contributed by atoms with Gasteiger partial charge in [0, 0.05) is 23.5 Å². The van der Waals surface area contributed by atoms with Gasteiger partial charge in [0.1, 0.15) is 12.4 Å². The van der Waals surface area contributed by atoms with E-state index in [2.05, 4.69) is 0 Å². The van der Waals surface area contributed by atoms with Crippen LogP contribution >= 0.6 is 11.3 Å². The van der Waals surface area contributed by atoms with Crippen molar-refractivity contribution in [1.29, 1.82) is 0 Å². The van der Waals surface area contributed by atoms with Gasteiger partial charge in [-0.2, -0.15) is 0 Å². The predicted molar refractivity (Wildman–Crippen MR) is 91.4 cm³/mol. The summed E-state index contributed by atoms with van der Waals surface area (Å²) in [6.07, 6.45) is 1.35. The fourth-order valence-corrected chi connectivity index (χ4v) is 3.43. The number of carbonyl (C=O) groups is 2. The molecule has 24 heavy (non-hydrogen) atoms. The Bertz CT molecular complexity index is 714. The van der Waals surface area contributed by atoms with Crippen LogP contribution in [0.1, 0.15) is 28.1 Å². The quantitative estimate of drug-likeness (QED) is 0.903. The third-order valence-electron chi connectivity index (χ3n) is 4.10. The molecule has 1 atom stereocenters. The molecule has 1 saturated heterocycles. The zero-order valence-electron chi connectivity index (χ0n) is 13.2. The molecule has 1 N–H and O–H groups in total. The number of hydrogen-bond donors (Lipinski definition) is 1. The second-order valence-corrected chi connectivity index (χ2v) is 6.86. The van der Waals surface area contributed by atoms with Gasteiger partial charge in [-0.05, 0) is 42.5 Å². The van der Waals surface area contributed by atoms with Crippen LogP contribution in [-0.2, 0) is 11.4 Å². The Morgan fingerprint density at radius 1 is 1.29 bits per heavy atom. The average Bonchev–Trinajstić information content (AvgIpc) is 3.13. The molecule has 1 aromatic carbocycles. The number of nitrogens with zero attached hydrogens (tertiary/aromatic N) is 1. The van der Waals surface area contributed by atoms with Crippen LogP contribution < -0.4 is 4.74 Å². The van der Waals surface area contributed by atoms with Gasteiger partial charge in [-0.25, -0.2) is 0 Å². The molecule has 2 heterocycles. The summed E-state index contributed by atoms with van der Waals surface area (Å²) in [5.74, 6) is -0.801. The van der Waals surface area contributed by atoms with Crippen LogP contribution in [0.25, 0.3) is 0 Å². The molecule has 0 bridgehead atoms. The molecule has 2 aromatic rings. The number of thiophene rings is 1. The van der Waals surface area contributed by atoms with Crippen LogP contribution in [0.15, 0.2) is 41.8 Å². The molecular formula is C18H19NO4S. The maximum Gasteiger partial charge on any atom is 0.308 e. The Morgan fingerprint density at radius 3 is 2.92 bits per heavy atom. The lowest BCUT2D eigenvalue weighted by Crippen LogP contribution is -2.42. The van der Waals surface area contributed by atoms with Crippen molar-refractivity contribution >= 4 is 23.2 Å². The highest BCUT2D eigenvalue weighted by Gasteiger charge is 2.28. The molecule has 0 radical (unpaired) electrons. The molecule has 1 aliphatic heterocycles. The summed E-state index contributed by atoms with van der Waals surface area (Å²) >= 11 is 1.62. The Kier molecular flexibility index (Phi) is 5.15. The SMILES string of the molecule is O=C(O)[C@@H]1CCCN(C(=O)c2cccc(OCc3cccs3)c2)C1. The molecule has 0 saturated carbocycles. The first-order valence-electron chi connectivity index (χ1n) is 7.91. The van der Waals surface area contributed by atoms with Crippen LogP contribution in [0.4, 0.5) is 0 Å². The van der Waals surface area contributed by atoms with Gasteiger partial charge in [0.05, 0.1) is 5.92 Å². The Morgan fingerprint density at radius 2 is 2.17 bits per heavy atom. The smallest absolute Gasteiger partial charge is 0.308 e. The first-order valence-corrected chi connectivity index (χ1v) is 8.79.